The SMILES string of the molecule is N[C@H](CO)C(=O)[NH2+]C1CCOCC1. The van der Waals surface area contributed by atoms with Crippen molar-refractivity contribution in [1.29, 1.82) is 0 Å². The number of amides is 1. The maximum atomic E-state index is 11.3. The molecule has 1 aliphatic heterocycles. The molecule has 0 aromatic carbocycles. The van der Waals surface area contributed by atoms with Gasteiger partial charge in [0.25, 0.3) is 0 Å². The molecule has 1 rings (SSSR count). The van der Waals surface area contributed by atoms with Crippen molar-refractivity contribution >= 4 is 5.91 Å². The van der Waals surface area contributed by atoms with Crippen molar-refractivity contribution in [1.82, 2.24) is 0 Å². The van der Waals surface area contributed by atoms with E-state index in [-0.39, 0.29) is 18.6 Å². The highest BCUT2D eigenvalue weighted by molar-refractivity contribution is 5.71. The largest absolute Gasteiger partial charge is 0.394 e. The van der Waals surface area contributed by atoms with Gasteiger partial charge in [-0.2, -0.15) is 0 Å². The van der Waals surface area contributed by atoms with Crippen LogP contribution in [0, 0.1) is 0 Å². The number of ether oxygens (including phenoxy) is 1. The van der Waals surface area contributed by atoms with Crippen LogP contribution in [0.3, 0.4) is 0 Å². The highest BCUT2D eigenvalue weighted by Gasteiger charge is 2.23. The molecule has 5 heteroatoms. The van der Waals surface area contributed by atoms with E-state index in [4.69, 9.17) is 15.6 Å². The summed E-state index contributed by atoms with van der Waals surface area (Å²) < 4.78 is 5.16. The van der Waals surface area contributed by atoms with Crippen LogP contribution >= 0.6 is 0 Å². The maximum Gasteiger partial charge on any atom is 0.329 e. The molecular formula is C8H17N2O3+. The summed E-state index contributed by atoms with van der Waals surface area (Å²) in [5.74, 6) is -0.158. The minimum Gasteiger partial charge on any atom is -0.394 e. The van der Waals surface area contributed by atoms with Crippen LogP contribution in [-0.2, 0) is 9.53 Å². The Balaban J connectivity index is 2.26. The number of nitrogens with two attached hydrogens (primary N) is 2. The summed E-state index contributed by atoms with van der Waals surface area (Å²) in [4.78, 5) is 11.3. The Morgan fingerprint density at radius 2 is 2.23 bits per heavy atom. The average Bonchev–Trinajstić information content (AvgIpc) is 2.18. The van der Waals surface area contributed by atoms with Crippen molar-refractivity contribution in [3.63, 3.8) is 0 Å². The zero-order chi connectivity index (χ0) is 9.68. The Morgan fingerprint density at radius 1 is 1.62 bits per heavy atom. The molecular weight excluding hydrogens is 172 g/mol. The third kappa shape index (κ3) is 3.40. The first kappa shape index (κ1) is 10.6. The average molecular weight is 189 g/mol. The lowest BCUT2D eigenvalue weighted by Gasteiger charge is -2.20. The second-order valence-electron chi connectivity index (χ2n) is 3.31. The van der Waals surface area contributed by atoms with E-state index in [1.165, 1.54) is 0 Å². The first-order valence-electron chi connectivity index (χ1n) is 4.57. The number of aliphatic hydroxyl groups excluding tert-OH is 1. The Morgan fingerprint density at radius 3 is 2.77 bits per heavy atom. The van der Waals surface area contributed by atoms with Crippen LogP contribution in [0.1, 0.15) is 12.8 Å². The lowest BCUT2D eigenvalue weighted by molar-refractivity contribution is -0.611. The Bertz CT molecular complexity index is 169. The summed E-state index contributed by atoms with van der Waals surface area (Å²) in [5.41, 5.74) is 5.37. The number of aliphatic hydroxyl groups is 1. The summed E-state index contributed by atoms with van der Waals surface area (Å²) >= 11 is 0. The van der Waals surface area contributed by atoms with Gasteiger partial charge in [0, 0.05) is 12.8 Å². The number of quaternary nitrogens is 1. The van der Waals surface area contributed by atoms with Crippen LogP contribution in [0.4, 0.5) is 0 Å². The molecule has 76 valence electrons. The molecule has 1 heterocycles. The number of hydrogen-bond acceptors (Lipinski definition) is 4. The lowest BCUT2D eigenvalue weighted by Crippen LogP contribution is -2.96. The first-order valence-corrected chi connectivity index (χ1v) is 4.57. The molecule has 5 N–H and O–H groups in total. The predicted octanol–water partition coefficient (Wildman–Crippen LogP) is -2.42. The summed E-state index contributed by atoms with van der Waals surface area (Å²) in [5, 5.41) is 10.3. The fourth-order valence-electron chi connectivity index (χ4n) is 1.33. The molecule has 1 aliphatic rings. The van der Waals surface area contributed by atoms with Gasteiger partial charge >= 0.3 is 5.91 Å². The second kappa shape index (κ2) is 5.29. The van der Waals surface area contributed by atoms with Crippen molar-refractivity contribution in [3.05, 3.63) is 0 Å². The van der Waals surface area contributed by atoms with Crippen molar-refractivity contribution in [3.8, 4) is 0 Å². The fourth-order valence-corrected chi connectivity index (χ4v) is 1.33. The standard InChI is InChI=1S/C8H16N2O3/c9-7(5-11)8(12)10-6-1-3-13-4-2-6/h6-7,11H,1-5,9H2,(H,10,12)/p+1/t7-/m1/s1. The van der Waals surface area contributed by atoms with E-state index in [2.05, 4.69) is 0 Å². The molecule has 1 fully saturated rings. The van der Waals surface area contributed by atoms with Crippen molar-refractivity contribution in [2.75, 3.05) is 19.8 Å². The number of rotatable bonds is 3. The van der Waals surface area contributed by atoms with Crippen molar-refractivity contribution in [2.24, 2.45) is 5.73 Å². The number of carbonyl (C=O) groups excluding carboxylic acids is 1. The summed E-state index contributed by atoms with van der Waals surface area (Å²) in [6.07, 6.45) is 1.76. The molecule has 13 heavy (non-hydrogen) atoms. The normalized spacial score (nSPS) is 21.4. The van der Waals surface area contributed by atoms with E-state index in [9.17, 15) is 4.79 Å². The molecule has 0 aromatic heterocycles. The third-order valence-corrected chi connectivity index (χ3v) is 2.23. The third-order valence-electron chi connectivity index (χ3n) is 2.23. The number of primary amides is 1. The number of carbonyl (C=O) groups is 1. The minimum atomic E-state index is -0.747. The Labute approximate surface area is 77.2 Å². The Hall–Kier alpha value is -0.490. The van der Waals surface area contributed by atoms with E-state index in [0.29, 0.717) is 13.2 Å². The zero-order valence-electron chi connectivity index (χ0n) is 7.61. The molecule has 1 amide bonds. The topological polar surface area (TPSA) is 89.2 Å². The minimum absolute atomic E-state index is 0.158. The van der Waals surface area contributed by atoms with E-state index in [1.807, 2.05) is 0 Å². The van der Waals surface area contributed by atoms with Gasteiger partial charge in [-0.3, -0.25) is 5.32 Å². The lowest BCUT2D eigenvalue weighted by atomic mass is 10.1. The van der Waals surface area contributed by atoms with Gasteiger partial charge in [-0.05, 0) is 0 Å². The first-order chi connectivity index (χ1) is 6.24. The predicted molar refractivity (Wildman–Crippen MR) is 45.8 cm³/mol. The molecule has 0 aliphatic carbocycles. The van der Waals surface area contributed by atoms with Gasteiger partial charge in [0.2, 0.25) is 0 Å². The Kier molecular flexibility index (Phi) is 4.31. The summed E-state index contributed by atoms with van der Waals surface area (Å²) in [6, 6.07) is -0.471. The van der Waals surface area contributed by atoms with Crippen LogP contribution in [0.25, 0.3) is 0 Å². The second-order valence-corrected chi connectivity index (χ2v) is 3.31. The summed E-state index contributed by atoms with van der Waals surface area (Å²) in [7, 11) is 0. The van der Waals surface area contributed by atoms with Gasteiger partial charge in [-0.15, -0.1) is 0 Å². The zero-order valence-corrected chi connectivity index (χ0v) is 7.61. The van der Waals surface area contributed by atoms with Crippen LogP contribution in [0.15, 0.2) is 0 Å². The molecule has 5 nitrogen and oxygen atoms in total. The molecule has 0 unspecified atom stereocenters. The molecule has 1 saturated heterocycles. The van der Waals surface area contributed by atoms with Gasteiger partial charge < -0.3 is 15.6 Å². The van der Waals surface area contributed by atoms with E-state index in [1.54, 1.807) is 5.32 Å². The molecule has 1 atom stereocenters. The molecule has 0 aromatic rings. The van der Waals surface area contributed by atoms with E-state index >= 15 is 0 Å². The smallest absolute Gasteiger partial charge is 0.329 e. The van der Waals surface area contributed by atoms with Gasteiger partial charge in [-0.25, -0.2) is 4.79 Å². The van der Waals surface area contributed by atoms with Crippen LogP contribution in [-0.4, -0.2) is 42.9 Å². The van der Waals surface area contributed by atoms with Crippen LogP contribution < -0.4 is 11.1 Å². The highest BCUT2D eigenvalue weighted by Crippen LogP contribution is 2.01. The van der Waals surface area contributed by atoms with E-state index < -0.39 is 6.04 Å². The van der Waals surface area contributed by atoms with Crippen molar-refractivity contribution in [2.45, 2.75) is 24.9 Å². The summed E-state index contributed by atoms with van der Waals surface area (Å²) in [6.45, 7) is 1.14. The number of hydrogen-bond donors (Lipinski definition) is 3. The molecule has 0 saturated carbocycles. The molecule has 0 radical (unpaired) electrons. The van der Waals surface area contributed by atoms with Gasteiger partial charge in [0.1, 0.15) is 6.04 Å². The van der Waals surface area contributed by atoms with Crippen LogP contribution in [0.2, 0.25) is 0 Å². The quantitative estimate of drug-likeness (QED) is 0.461. The fraction of sp³-hybridized carbons (Fsp3) is 0.875. The van der Waals surface area contributed by atoms with Gasteiger partial charge in [0.05, 0.1) is 25.9 Å². The highest BCUT2D eigenvalue weighted by atomic mass is 16.5. The molecule has 0 spiro atoms. The van der Waals surface area contributed by atoms with Crippen LogP contribution in [0.5, 0.6) is 0 Å². The monoisotopic (exact) mass is 189 g/mol. The maximum absolute atomic E-state index is 11.3. The molecule has 0 bridgehead atoms. The van der Waals surface area contributed by atoms with E-state index in [0.717, 1.165) is 12.8 Å². The van der Waals surface area contributed by atoms with Gasteiger partial charge in [-0.1, -0.05) is 0 Å². The van der Waals surface area contributed by atoms with Gasteiger partial charge in [0.15, 0.2) is 0 Å². The van der Waals surface area contributed by atoms with Crippen molar-refractivity contribution < 1.29 is 20.0 Å².